The third-order valence-electron chi connectivity index (χ3n) is 7.39. The number of halogens is 2. The average molecular weight is 581 g/mol. The number of aryl methyl sites for hydroxylation is 1. The summed E-state index contributed by atoms with van der Waals surface area (Å²) in [4.78, 5) is 29.5. The molecule has 3 aromatic carbocycles. The van der Waals surface area contributed by atoms with Gasteiger partial charge in [0.1, 0.15) is 25.4 Å². The van der Waals surface area contributed by atoms with Crippen molar-refractivity contribution in [3.8, 4) is 5.75 Å². The monoisotopic (exact) mass is 580 g/mol. The van der Waals surface area contributed by atoms with Crippen molar-refractivity contribution in [2.45, 2.75) is 19.6 Å². The van der Waals surface area contributed by atoms with Gasteiger partial charge in [-0.2, -0.15) is 0 Å². The number of hydrogen-bond donors (Lipinski definition) is 1. The number of nitrogens with zero attached hydrogens (tertiary/aromatic N) is 1. The molecule has 2 aliphatic rings. The number of ketones is 1. The van der Waals surface area contributed by atoms with E-state index in [9.17, 15) is 14.7 Å². The highest BCUT2D eigenvalue weighted by Crippen LogP contribution is 2.40. The highest BCUT2D eigenvalue weighted by atomic mass is 35.5. The third kappa shape index (κ3) is 6.03. The van der Waals surface area contributed by atoms with E-state index in [1.807, 2.05) is 30.3 Å². The molecule has 40 heavy (non-hydrogen) atoms. The fourth-order valence-electron chi connectivity index (χ4n) is 5.19. The van der Waals surface area contributed by atoms with Crippen LogP contribution in [0.25, 0.3) is 5.76 Å². The maximum absolute atomic E-state index is 13.9. The molecule has 0 bridgehead atoms. The molecule has 0 saturated carbocycles. The lowest BCUT2D eigenvalue weighted by Gasteiger charge is -2.30. The number of hydrogen-bond acceptors (Lipinski definition) is 5. The van der Waals surface area contributed by atoms with Crippen LogP contribution in [0, 0.1) is 6.92 Å². The van der Waals surface area contributed by atoms with E-state index >= 15 is 0 Å². The number of rotatable bonds is 8. The van der Waals surface area contributed by atoms with Gasteiger partial charge in [0.2, 0.25) is 5.78 Å². The molecule has 2 aliphatic heterocycles. The normalized spacial score (nSPS) is 19.3. The zero-order valence-electron chi connectivity index (χ0n) is 22.1. The fourth-order valence-corrected chi connectivity index (χ4v) is 5.49. The minimum atomic E-state index is -0.865. The number of ether oxygens (including phenoxy) is 2. The predicted molar refractivity (Wildman–Crippen MR) is 151 cm³/mol. The molecule has 2 fully saturated rings. The molecule has 5 rings (SSSR count). The molecule has 1 N–H and O–H groups in total. The fraction of sp³-hybridized carbons (Fsp3) is 0.290. The Bertz CT molecular complexity index is 1440. The molecule has 0 radical (unpaired) electrons. The van der Waals surface area contributed by atoms with E-state index in [1.165, 1.54) is 9.80 Å². The van der Waals surface area contributed by atoms with Gasteiger partial charge in [0, 0.05) is 5.57 Å². The number of benzene rings is 3. The number of likely N-dealkylation sites (tertiary alicyclic amines) is 1. The van der Waals surface area contributed by atoms with Crippen LogP contribution in [-0.4, -0.2) is 56.0 Å². The second kappa shape index (κ2) is 12.4. The van der Waals surface area contributed by atoms with Gasteiger partial charge in [-0.25, -0.2) is 0 Å². The van der Waals surface area contributed by atoms with Crippen LogP contribution in [0.1, 0.15) is 28.3 Å². The highest BCUT2D eigenvalue weighted by Gasteiger charge is 2.44. The van der Waals surface area contributed by atoms with Gasteiger partial charge in [-0.3, -0.25) is 9.59 Å². The molecule has 1 amide bonds. The van der Waals surface area contributed by atoms with Crippen molar-refractivity contribution in [2.24, 2.45) is 0 Å². The maximum atomic E-state index is 13.9. The van der Waals surface area contributed by atoms with Crippen molar-refractivity contribution >= 4 is 40.7 Å². The quantitative estimate of drug-likeness (QED) is 0.251. The molecule has 2 saturated heterocycles. The number of carbonyl (C=O) groups excluding carboxylic acids is 2. The van der Waals surface area contributed by atoms with E-state index in [1.54, 1.807) is 43.3 Å². The highest BCUT2D eigenvalue weighted by molar-refractivity contribution is 6.46. The van der Waals surface area contributed by atoms with Crippen LogP contribution >= 0.6 is 23.2 Å². The van der Waals surface area contributed by atoms with Crippen LogP contribution in [0.15, 0.2) is 72.3 Å². The number of amides is 1. The third-order valence-corrected chi connectivity index (χ3v) is 8.12. The SMILES string of the molecule is Cc1cc(OCc2ccccc2)ccc1/C([O-])=C1\C(=O)C(=O)N(CC[NH+]2CCOCC2)C1c1ccc(Cl)c(Cl)c1. The predicted octanol–water partition coefficient (Wildman–Crippen LogP) is 3.02. The summed E-state index contributed by atoms with van der Waals surface area (Å²) in [5.41, 5.74) is 2.49. The first-order valence-corrected chi connectivity index (χ1v) is 14.0. The summed E-state index contributed by atoms with van der Waals surface area (Å²) in [5, 5.41) is 14.6. The molecule has 2 heterocycles. The van der Waals surface area contributed by atoms with Crippen molar-refractivity contribution in [1.29, 1.82) is 0 Å². The zero-order valence-corrected chi connectivity index (χ0v) is 23.6. The lowest BCUT2D eigenvalue weighted by Crippen LogP contribution is -3.14. The van der Waals surface area contributed by atoms with Crippen molar-refractivity contribution in [2.75, 3.05) is 39.4 Å². The van der Waals surface area contributed by atoms with Gasteiger partial charge in [0.05, 0.1) is 42.4 Å². The Morgan fingerprint density at radius 3 is 2.48 bits per heavy atom. The maximum Gasteiger partial charge on any atom is 0.295 e. The summed E-state index contributed by atoms with van der Waals surface area (Å²) in [6.07, 6.45) is 0. The van der Waals surface area contributed by atoms with Gasteiger partial charge < -0.3 is 24.4 Å². The molecule has 0 aliphatic carbocycles. The summed E-state index contributed by atoms with van der Waals surface area (Å²) < 4.78 is 11.3. The van der Waals surface area contributed by atoms with Gasteiger partial charge >= 0.3 is 0 Å². The van der Waals surface area contributed by atoms with E-state index in [0.717, 1.165) is 18.7 Å². The second-order valence-electron chi connectivity index (χ2n) is 10.0. The molecular formula is C31H30Cl2N2O5. The Labute approximate surface area is 243 Å². The molecule has 1 unspecified atom stereocenters. The summed E-state index contributed by atoms with van der Waals surface area (Å²) in [7, 11) is 0. The molecule has 0 spiro atoms. The van der Waals surface area contributed by atoms with E-state index in [4.69, 9.17) is 32.7 Å². The average Bonchev–Trinajstić information content (AvgIpc) is 3.22. The molecule has 9 heteroatoms. The smallest absolute Gasteiger partial charge is 0.295 e. The van der Waals surface area contributed by atoms with E-state index in [2.05, 4.69) is 0 Å². The molecule has 3 aromatic rings. The van der Waals surface area contributed by atoms with E-state index < -0.39 is 23.5 Å². The lowest BCUT2D eigenvalue weighted by molar-refractivity contribution is -0.907. The number of carbonyl (C=O) groups is 2. The summed E-state index contributed by atoms with van der Waals surface area (Å²) in [5.74, 6) is -1.36. The van der Waals surface area contributed by atoms with Crippen LogP contribution < -0.4 is 14.7 Å². The topological polar surface area (TPSA) is 83.3 Å². The van der Waals surface area contributed by atoms with E-state index in [0.29, 0.717) is 60.4 Å². The number of morpholine rings is 1. The second-order valence-corrected chi connectivity index (χ2v) is 10.8. The summed E-state index contributed by atoms with van der Waals surface area (Å²) >= 11 is 12.5. The van der Waals surface area contributed by atoms with Crippen molar-refractivity contribution in [3.05, 3.63) is 105 Å². The van der Waals surface area contributed by atoms with Crippen molar-refractivity contribution in [3.63, 3.8) is 0 Å². The molecule has 1 atom stereocenters. The van der Waals surface area contributed by atoms with Crippen LogP contribution in [0.5, 0.6) is 5.75 Å². The Hall–Kier alpha value is -3.36. The Morgan fingerprint density at radius 2 is 1.77 bits per heavy atom. The number of Topliss-reactive ketones (excluding diaryl/α,β-unsaturated/α-hetero) is 1. The Balaban J connectivity index is 1.47. The van der Waals surface area contributed by atoms with Crippen LogP contribution in [0.4, 0.5) is 0 Å². The Kier molecular flexibility index (Phi) is 8.76. The number of quaternary nitrogens is 1. The van der Waals surface area contributed by atoms with Gasteiger partial charge in [-0.15, -0.1) is 0 Å². The van der Waals surface area contributed by atoms with Crippen LogP contribution in [0.3, 0.4) is 0 Å². The van der Waals surface area contributed by atoms with Gasteiger partial charge in [0.15, 0.2) is 0 Å². The molecule has 208 valence electrons. The first-order chi connectivity index (χ1) is 19.3. The van der Waals surface area contributed by atoms with Gasteiger partial charge in [-0.05, 0) is 53.4 Å². The molecule has 0 aromatic heterocycles. The summed E-state index contributed by atoms with van der Waals surface area (Å²) in [6.45, 7) is 6.06. The number of nitrogens with one attached hydrogen (secondary N) is 1. The van der Waals surface area contributed by atoms with Gasteiger partial charge in [-0.1, -0.05) is 71.4 Å². The largest absolute Gasteiger partial charge is 0.872 e. The van der Waals surface area contributed by atoms with E-state index in [-0.39, 0.29) is 10.6 Å². The summed E-state index contributed by atoms with van der Waals surface area (Å²) in [6, 6.07) is 19.0. The molecule has 7 nitrogen and oxygen atoms in total. The van der Waals surface area contributed by atoms with Gasteiger partial charge in [0.25, 0.3) is 5.91 Å². The molecular weight excluding hydrogens is 551 g/mol. The van der Waals surface area contributed by atoms with Crippen molar-refractivity contribution < 1.29 is 29.1 Å². The zero-order chi connectivity index (χ0) is 28.2. The minimum Gasteiger partial charge on any atom is -0.872 e. The lowest BCUT2D eigenvalue weighted by atomic mass is 9.94. The van der Waals surface area contributed by atoms with Crippen molar-refractivity contribution in [1.82, 2.24) is 4.90 Å². The van der Waals surface area contributed by atoms with Crippen LogP contribution in [0.2, 0.25) is 10.0 Å². The first kappa shape index (κ1) is 28.2. The van der Waals surface area contributed by atoms with Crippen LogP contribution in [-0.2, 0) is 20.9 Å². The standard InChI is InChI=1S/C31H30Cl2N2O5/c1-20-17-23(40-19-21-5-3-2-4-6-21)8-9-24(20)29(36)27-28(22-7-10-25(32)26(33)18-22)35(31(38)30(27)37)12-11-34-13-15-39-16-14-34/h2-10,17-18,28,36H,11-16,19H2,1H3/b29-27+. The first-order valence-electron chi connectivity index (χ1n) is 13.2. The minimum absolute atomic E-state index is 0.0820. The Morgan fingerprint density at radius 1 is 1.02 bits per heavy atom.